The second kappa shape index (κ2) is 16.1. The number of nitrogens with zero attached hydrogens (tertiary/aromatic N) is 4. The summed E-state index contributed by atoms with van der Waals surface area (Å²) in [5.74, 6) is -0.946. The average Bonchev–Trinajstić information content (AvgIpc) is 3.58. The van der Waals surface area contributed by atoms with Gasteiger partial charge < -0.3 is 33.9 Å². The van der Waals surface area contributed by atoms with Crippen LogP contribution in [0, 0.1) is 12.8 Å². The number of hydrogen-bond donors (Lipinski definition) is 2. The van der Waals surface area contributed by atoms with Gasteiger partial charge in [0.15, 0.2) is 5.76 Å². The molecule has 1 fully saturated rings. The van der Waals surface area contributed by atoms with Gasteiger partial charge in [-0.25, -0.2) is 9.48 Å². The number of carbonyl (C=O) groups excluding carboxylic acids is 1. The van der Waals surface area contributed by atoms with Gasteiger partial charge in [-0.1, -0.05) is 30.3 Å². The molecule has 1 saturated heterocycles. The van der Waals surface area contributed by atoms with Crippen molar-refractivity contribution in [2.75, 3.05) is 52.7 Å². The molecule has 6 rings (SSSR count). The van der Waals surface area contributed by atoms with E-state index in [2.05, 4.69) is 4.98 Å². The quantitative estimate of drug-likeness (QED) is 0.192. The topological polar surface area (TPSA) is 142 Å². The van der Waals surface area contributed by atoms with E-state index in [1.165, 1.54) is 0 Å². The highest BCUT2D eigenvalue weighted by Gasteiger charge is 2.42. The van der Waals surface area contributed by atoms with Crippen LogP contribution in [-0.2, 0) is 30.8 Å². The Morgan fingerprint density at radius 1 is 0.980 bits per heavy atom. The molecule has 2 aromatic carbocycles. The number of hydrogen-bond acceptors (Lipinski definition) is 8. The van der Waals surface area contributed by atoms with Gasteiger partial charge in [0.05, 0.1) is 43.1 Å². The number of H-pyrrole nitrogens is 1. The van der Waals surface area contributed by atoms with Crippen LogP contribution in [0.3, 0.4) is 0 Å². The van der Waals surface area contributed by atoms with Crippen LogP contribution >= 0.6 is 0 Å². The van der Waals surface area contributed by atoms with Crippen molar-refractivity contribution in [1.29, 1.82) is 0 Å². The minimum absolute atomic E-state index is 0.0466. The van der Waals surface area contributed by atoms with E-state index in [4.69, 9.17) is 24.1 Å². The first-order valence-electron chi connectivity index (χ1n) is 17.4. The SMILES string of the molecule is CCO[C@@H]1OC(C(=O)N2CCC(n3c(=O)[nH]c4ccccc43)CC2)=C[C@H](c2c(C)n(C)n(-c3ccccc3)c2=O)[C@@H]1CCOCCOCCO. The number of carbonyl (C=O) groups is 1. The van der Waals surface area contributed by atoms with Crippen molar-refractivity contribution in [2.45, 2.75) is 51.4 Å². The highest BCUT2D eigenvalue weighted by atomic mass is 16.7. The van der Waals surface area contributed by atoms with Crippen LogP contribution in [0.1, 0.15) is 49.4 Å². The molecule has 3 atom stereocenters. The molecule has 0 radical (unpaired) electrons. The minimum atomic E-state index is -0.797. The van der Waals surface area contributed by atoms with Gasteiger partial charge in [0.25, 0.3) is 11.5 Å². The van der Waals surface area contributed by atoms with Gasteiger partial charge >= 0.3 is 5.69 Å². The number of allylic oxidation sites excluding steroid dienone is 1. The zero-order valence-electron chi connectivity index (χ0n) is 29.0. The number of aliphatic hydroxyl groups excluding tert-OH is 1. The lowest BCUT2D eigenvalue weighted by Gasteiger charge is -2.38. The number of piperidine rings is 1. The zero-order chi connectivity index (χ0) is 35.2. The number of nitrogens with one attached hydrogen (secondary N) is 1. The maximum atomic E-state index is 14.3. The summed E-state index contributed by atoms with van der Waals surface area (Å²) in [5.41, 5.74) is 3.42. The molecule has 2 aliphatic heterocycles. The number of likely N-dealkylation sites (tertiary alicyclic amines) is 1. The van der Waals surface area contributed by atoms with E-state index >= 15 is 0 Å². The summed E-state index contributed by atoms with van der Waals surface area (Å²) in [6.45, 7) is 6.28. The fourth-order valence-corrected chi connectivity index (χ4v) is 7.26. The van der Waals surface area contributed by atoms with Crippen LogP contribution in [0.15, 0.2) is 76.0 Å². The van der Waals surface area contributed by atoms with E-state index in [1.807, 2.05) is 80.2 Å². The van der Waals surface area contributed by atoms with Gasteiger partial charge in [0, 0.05) is 62.5 Å². The number of para-hydroxylation sites is 3. The number of fused-ring (bicyclic) bond motifs is 1. The van der Waals surface area contributed by atoms with Gasteiger partial charge in [0.1, 0.15) is 0 Å². The molecule has 1 amide bonds. The van der Waals surface area contributed by atoms with Crippen molar-refractivity contribution in [2.24, 2.45) is 13.0 Å². The van der Waals surface area contributed by atoms with E-state index in [9.17, 15) is 14.4 Å². The molecule has 4 heterocycles. The van der Waals surface area contributed by atoms with Gasteiger partial charge in [-0.3, -0.25) is 18.8 Å². The maximum Gasteiger partial charge on any atom is 0.326 e. The number of aliphatic hydroxyl groups is 1. The Morgan fingerprint density at radius 3 is 2.40 bits per heavy atom. The number of benzene rings is 2. The number of ether oxygens (including phenoxy) is 4. The van der Waals surface area contributed by atoms with Crippen LogP contribution in [0.5, 0.6) is 0 Å². The van der Waals surface area contributed by atoms with E-state index in [-0.39, 0.29) is 48.1 Å². The lowest BCUT2D eigenvalue weighted by Crippen LogP contribution is -2.44. The van der Waals surface area contributed by atoms with Crippen LogP contribution < -0.4 is 11.2 Å². The van der Waals surface area contributed by atoms with Crippen molar-refractivity contribution in [3.63, 3.8) is 0 Å². The third-order valence-electron chi connectivity index (χ3n) is 9.80. The molecule has 0 bridgehead atoms. The first-order valence-corrected chi connectivity index (χ1v) is 17.4. The first-order chi connectivity index (χ1) is 24.3. The number of imidazole rings is 1. The maximum absolute atomic E-state index is 14.3. The Hall–Kier alpha value is -4.43. The molecule has 50 heavy (non-hydrogen) atoms. The Labute approximate surface area is 290 Å². The molecule has 13 nitrogen and oxygen atoms in total. The zero-order valence-corrected chi connectivity index (χ0v) is 29.0. The van der Waals surface area contributed by atoms with Crippen LogP contribution in [-0.4, -0.2) is 93.8 Å². The van der Waals surface area contributed by atoms with Crippen molar-refractivity contribution in [3.8, 4) is 5.69 Å². The van der Waals surface area contributed by atoms with Gasteiger partial charge in [-0.15, -0.1) is 0 Å². The third-order valence-corrected chi connectivity index (χ3v) is 9.80. The summed E-state index contributed by atoms with van der Waals surface area (Å²) in [5, 5.41) is 8.97. The molecule has 0 unspecified atom stereocenters. The molecule has 0 saturated carbocycles. The third kappa shape index (κ3) is 7.22. The van der Waals surface area contributed by atoms with E-state index < -0.39 is 12.2 Å². The summed E-state index contributed by atoms with van der Waals surface area (Å²) in [6, 6.07) is 17.1. The first kappa shape index (κ1) is 35.4. The van der Waals surface area contributed by atoms with Crippen LogP contribution in [0.4, 0.5) is 0 Å². The van der Waals surface area contributed by atoms with Crippen molar-refractivity contribution < 1.29 is 28.8 Å². The number of rotatable bonds is 14. The van der Waals surface area contributed by atoms with Crippen molar-refractivity contribution >= 4 is 16.9 Å². The van der Waals surface area contributed by atoms with Crippen molar-refractivity contribution in [3.05, 3.63) is 98.5 Å². The van der Waals surface area contributed by atoms with Crippen molar-refractivity contribution in [1.82, 2.24) is 23.8 Å². The lowest BCUT2D eigenvalue weighted by atomic mass is 9.81. The fourth-order valence-electron chi connectivity index (χ4n) is 7.26. The lowest BCUT2D eigenvalue weighted by molar-refractivity contribution is -0.172. The average molecular weight is 690 g/mol. The van der Waals surface area contributed by atoms with E-state index in [0.717, 1.165) is 22.4 Å². The minimum Gasteiger partial charge on any atom is -0.459 e. The fraction of sp³-hybridized carbons (Fsp3) is 0.486. The number of amides is 1. The number of aromatic nitrogens is 4. The monoisotopic (exact) mass is 689 g/mol. The normalized spacial score (nSPS) is 19.9. The van der Waals surface area contributed by atoms with Gasteiger partial charge in [-0.05, 0) is 63.5 Å². The number of aromatic amines is 1. The Bertz CT molecular complexity index is 1900. The van der Waals surface area contributed by atoms with Gasteiger partial charge in [-0.2, -0.15) is 0 Å². The summed E-state index contributed by atoms with van der Waals surface area (Å²) in [7, 11) is 1.86. The Kier molecular flexibility index (Phi) is 11.4. The standard InChI is InChI=1S/C37H47N5O8/c1-4-49-36-28(16-20-47-22-23-48-21-19-43)29(33-25(2)39(3)42(35(33)45)27-10-6-5-7-11-27)24-32(50-36)34(44)40-17-14-26(15-18-40)41-31-13-9-8-12-30(31)38-37(41)46/h5-13,24,26,28-29,36,43H,4,14-23H2,1-3H3,(H,38,46)/t28-,29-,36+/m0/s1. The van der Waals surface area contributed by atoms with Gasteiger partial charge in [0.2, 0.25) is 6.29 Å². The van der Waals surface area contributed by atoms with E-state index in [1.54, 1.807) is 20.2 Å². The van der Waals surface area contributed by atoms with E-state index in [0.29, 0.717) is 64.3 Å². The molecule has 13 heteroatoms. The predicted molar refractivity (Wildman–Crippen MR) is 187 cm³/mol. The summed E-state index contributed by atoms with van der Waals surface area (Å²) < 4.78 is 29.0. The highest BCUT2D eigenvalue weighted by molar-refractivity contribution is 5.92. The Morgan fingerprint density at radius 2 is 1.68 bits per heavy atom. The highest BCUT2D eigenvalue weighted by Crippen LogP contribution is 2.40. The predicted octanol–water partition coefficient (Wildman–Crippen LogP) is 3.38. The largest absolute Gasteiger partial charge is 0.459 e. The molecule has 2 aromatic heterocycles. The second-order valence-electron chi connectivity index (χ2n) is 12.7. The molecule has 268 valence electrons. The molecule has 2 N–H and O–H groups in total. The summed E-state index contributed by atoms with van der Waals surface area (Å²) in [6.07, 6.45) is 2.72. The molecule has 4 aromatic rings. The molecule has 2 aliphatic rings. The second-order valence-corrected chi connectivity index (χ2v) is 12.7. The molecule has 0 spiro atoms. The van der Waals surface area contributed by atoms with Crippen LogP contribution in [0.25, 0.3) is 16.7 Å². The van der Waals surface area contributed by atoms with Crippen LogP contribution in [0.2, 0.25) is 0 Å². The molecular formula is C37H47N5O8. The summed E-state index contributed by atoms with van der Waals surface area (Å²) >= 11 is 0. The Balaban J connectivity index is 1.28. The smallest absolute Gasteiger partial charge is 0.326 e. The molecule has 0 aliphatic carbocycles. The molecular weight excluding hydrogens is 642 g/mol. The summed E-state index contributed by atoms with van der Waals surface area (Å²) in [4.78, 5) is 46.0.